The van der Waals surface area contributed by atoms with Gasteiger partial charge < -0.3 is 5.73 Å². The van der Waals surface area contributed by atoms with Crippen molar-refractivity contribution in [2.45, 2.75) is 25.8 Å². The molecule has 22 heavy (non-hydrogen) atoms. The molecular formula is C15H16BrN3O3. The van der Waals surface area contributed by atoms with E-state index in [-0.39, 0.29) is 5.91 Å². The summed E-state index contributed by atoms with van der Waals surface area (Å²) in [5, 5.41) is 0. The van der Waals surface area contributed by atoms with Crippen molar-refractivity contribution in [3.63, 3.8) is 0 Å². The number of aromatic amines is 1. The zero-order valence-electron chi connectivity index (χ0n) is 11.8. The van der Waals surface area contributed by atoms with Crippen LogP contribution in [0.2, 0.25) is 0 Å². The Bertz CT molecular complexity index is 778. The normalized spacial score (nSPS) is 10.6. The minimum atomic E-state index is -0.446. The second kappa shape index (κ2) is 7.22. The lowest BCUT2D eigenvalue weighted by molar-refractivity contribution is -0.118. The standard InChI is InChI=1S/C15H16BrN3O3/c16-12-9-19(15(22)18-14(12)21)8-11-6-4-10(5-7-11)2-1-3-13(17)20/h4-7,9H,1-3,8H2,(H2,17,20)(H,18,21,22). The van der Waals surface area contributed by atoms with Gasteiger partial charge in [-0.3, -0.25) is 19.1 Å². The number of halogens is 1. The number of benzene rings is 1. The van der Waals surface area contributed by atoms with Gasteiger partial charge in [0.1, 0.15) is 0 Å². The molecule has 0 spiro atoms. The zero-order valence-corrected chi connectivity index (χ0v) is 13.4. The van der Waals surface area contributed by atoms with Crippen molar-refractivity contribution in [3.8, 4) is 0 Å². The molecule has 0 bridgehead atoms. The molecule has 0 radical (unpaired) electrons. The molecule has 7 heteroatoms. The number of hydrogen-bond acceptors (Lipinski definition) is 3. The van der Waals surface area contributed by atoms with Crippen LogP contribution in [0.15, 0.2) is 44.5 Å². The summed E-state index contributed by atoms with van der Waals surface area (Å²) >= 11 is 3.10. The fourth-order valence-corrected chi connectivity index (χ4v) is 2.42. The van der Waals surface area contributed by atoms with Gasteiger partial charge in [0.05, 0.1) is 11.0 Å². The van der Waals surface area contributed by atoms with Gasteiger partial charge in [0.25, 0.3) is 5.56 Å². The molecule has 1 heterocycles. The van der Waals surface area contributed by atoms with E-state index in [1.54, 1.807) is 0 Å². The second-order valence-corrected chi connectivity index (χ2v) is 5.85. The Hall–Kier alpha value is -2.15. The van der Waals surface area contributed by atoms with E-state index in [1.165, 1.54) is 10.8 Å². The molecule has 116 valence electrons. The van der Waals surface area contributed by atoms with Crippen LogP contribution in [0.3, 0.4) is 0 Å². The molecule has 0 aliphatic rings. The van der Waals surface area contributed by atoms with Crippen LogP contribution in [0.25, 0.3) is 0 Å². The Labute approximate surface area is 135 Å². The van der Waals surface area contributed by atoms with Crippen molar-refractivity contribution >= 4 is 21.8 Å². The third kappa shape index (κ3) is 4.42. The third-order valence-corrected chi connectivity index (χ3v) is 3.80. The molecule has 0 aliphatic carbocycles. The number of carbonyl (C=O) groups is 1. The average Bonchev–Trinajstić information content (AvgIpc) is 2.46. The van der Waals surface area contributed by atoms with Gasteiger partial charge >= 0.3 is 5.69 Å². The second-order valence-electron chi connectivity index (χ2n) is 5.00. The van der Waals surface area contributed by atoms with Gasteiger partial charge in [-0.1, -0.05) is 24.3 Å². The summed E-state index contributed by atoms with van der Waals surface area (Å²) in [7, 11) is 0. The Morgan fingerprint density at radius 1 is 1.18 bits per heavy atom. The number of rotatable bonds is 6. The number of nitrogens with two attached hydrogens (primary N) is 1. The van der Waals surface area contributed by atoms with E-state index in [0.717, 1.165) is 24.0 Å². The van der Waals surface area contributed by atoms with Gasteiger partial charge in [0.15, 0.2) is 0 Å². The molecule has 1 aromatic heterocycles. The van der Waals surface area contributed by atoms with Gasteiger partial charge in [0.2, 0.25) is 5.91 Å². The van der Waals surface area contributed by atoms with E-state index < -0.39 is 11.2 Å². The fraction of sp³-hybridized carbons (Fsp3) is 0.267. The van der Waals surface area contributed by atoms with Gasteiger partial charge in [-0.15, -0.1) is 0 Å². The summed E-state index contributed by atoms with van der Waals surface area (Å²) in [5.74, 6) is -0.292. The van der Waals surface area contributed by atoms with Crippen molar-refractivity contribution in [1.82, 2.24) is 9.55 Å². The lowest BCUT2D eigenvalue weighted by atomic mass is 10.1. The van der Waals surface area contributed by atoms with Crippen molar-refractivity contribution in [1.29, 1.82) is 0 Å². The molecule has 1 aromatic carbocycles. The number of H-pyrrole nitrogens is 1. The number of primary amides is 1. The molecule has 6 nitrogen and oxygen atoms in total. The number of hydrogen-bond donors (Lipinski definition) is 2. The summed E-state index contributed by atoms with van der Waals surface area (Å²) in [5.41, 5.74) is 6.27. The molecule has 0 atom stereocenters. The van der Waals surface area contributed by atoms with Crippen molar-refractivity contribution in [3.05, 3.63) is 66.9 Å². The zero-order chi connectivity index (χ0) is 16.1. The minimum absolute atomic E-state index is 0.292. The molecule has 3 N–H and O–H groups in total. The van der Waals surface area contributed by atoms with Crippen molar-refractivity contribution in [2.24, 2.45) is 5.73 Å². The van der Waals surface area contributed by atoms with Gasteiger partial charge in [-0.25, -0.2) is 4.79 Å². The van der Waals surface area contributed by atoms with Crippen molar-refractivity contribution < 1.29 is 4.79 Å². The molecule has 0 fully saturated rings. The summed E-state index contributed by atoms with van der Waals surface area (Å²) in [6.45, 7) is 0.371. The van der Waals surface area contributed by atoms with Crippen LogP contribution in [0, 0.1) is 0 Å². The van der Waals surface area contributed by atoms with E-state index >= 15 is 0 Å². The Morgan fingerprint density at radius 2 is 1.82 bits per heavy atom. The quantitative estimate of drug-likeness (QED) is 0.803. The molecule has 0 aliphatic heterocycles. The Kier molecular flexibility index (Phi) is 5.32. The number of amides is 1. The van der Waals surface area contributed by atoms with Crippen molar-refractivity contribution in [2.75, 3.05) is 0 Å². The molecule has 2 aromatic rings. The first-order valence-electron chi connectivity index (χ1n) is 6.81. The highest BCUT2D eigenvalue weighted by atomic mass is 79.9. The third-order valence-electron chi connectivity index (χ3n) is 3.23. The highest BCUT2D eigenvalue weighted by Gasteiger charge is 2.03. The summed E-state index contributed by atoms with van der Waals surface area (Å²) in [4.78, 5) is 35.9. The van der Waals surface area contributed by atoms with E-state index in [1.807, 2.05) is 24.3 Å². The fourth-order valence-electron chi connectivity index (χ4n) is 2.07. The smallest absolute Gasteiger partial charge is 0.328 e. The highest BCUT2D eigenvalue weighted by Crippen LogP contribution is 2.09. The molecule has 1 amide bonds. The SMILES string of the molecule is NC(=O)CCCc1ccc(Cn2cc(Br)c(=O)[nH]c2=O)cc1. The van der Waals surface area contributed by atoms with Crippen LogP contribution in [-0.4, -0.2) is 15.5 Å². The number of carbonyl (C=O) groups excluding carboxylic acids is 1. The van der Waals surface area contributed by atoms with E-state index in [0.29, 0.717) is 17.4 Å². The van der Waals surface area contributed by atoms with Crippen LogP contribution in [0.5, 0.6) is 0 Å². The monoisotopic (exact) mass is 365 g/mol. The van der Waals surface area contributed by atoms with E-state index in [9.17, 15) is 14.4 Å². The van der Waals surface area contributed by atoms with Crippen LogP contribution < -0.4 is 17.0 Å². The number of aryl methyl sites for hydroxylation is 1. The first-order chi connectivity index (χ1) is 10.5. The molecule has 0 unspecified atom stereocenters. The van der Waals surface area contributed by atoms with E-state index in [4.69, 9.17) is 5.73 Å². The first kappa shape index (κ1) is 16.2. The Balaban J connectivity index is 2.05. The summed E-state index contributed by atoms with van der Waals surface area (Å²) in [6, 6.07) is 7.76. The molecule has 0 saturated heterocycles. The highest BCUT2D eigenvalue weighted by molar-refractivity contribution is 9.10. The topological polar surface area (TPSA) is 97.9 Å². The first-order valence-corrected chi connectivity index (χ1v) is 7.60. The van der Waals surface area contributed by atoms with Gasteiger partial charge in [0, 0.05) is 12.6 Å². The number of nitrogens with one attached hydrogen (secondary N) is 1. The van der Waals surface area contributed by atoms with Gasteiger partial charge in [-0.2, -0.15) is 0 Å². The number of aromatic nitrogens is 2. The van der Waals surface area contributed by atoms with Crippen LogP contribution in [-0.2, 0) is 17.8 Å². The maximum atomic E-state index is 11.7. The maximum Gasteiger partial charge on any atom is 0.328 e. The van der Waals surface area contributed by atoms with E-state index in [2.05, 4.69) is 20.9 Å². The lowest BCUT2D eigenvalue weighted by Gasteiger charge is -2.07. The lowest BCUT2D eigenvalue weighted by Crippen LogP contribution is -2.30. The van der Waals surface area contributed by atoms with Crippen LogP contribution >= 0.6 is 15.9 Å². The van der Waals surface area contributed by atoms with Crippen LogP contribution in [0.1, 0.15) is 24.0 Å². The number of nitrogens with zero attached hydrogens (tertiary/aromatic N) is 1. The average molecular weight is 366 g/mol. The molecular weight excluding hydrogens is 350 g/mol. The summed E-state index contributed by atoms with van der Waals surface area (Å²) < 4.78 is 1.74. The molecule has 0 saturated carbocycles. The van der Waals surface area contributed by atoms with Crippen LogP contribution in [0.4, 0.5) is 0 Å². The predicted molar refractivity (Wildman–Crippen MR) is 86.7 cm³/mol. The largest absolute Gasteiger partial charge is 0.370 e. The molecule has 2 rings (SSSR count). The maximum absolute atomic E-state index is 11.7. The van der Waals surface area contributed by atoms with Gasteiger partial charge in [-0.05, 0) is 39.9 Å². The Morgan fingerprint density at radius 3 is 2.45 bits per heavy atom. The summed E-state index contributed by atoms with van der Waals surface area (Å²) in [6.07, 6.45) is 3.36. The predicted octanol–water partition coefficient (Wildman–Crippen LogP) is 1.16. The minimum Gasteiger partial charge on any atom is -0.370 e.